The largest absolute Gasteiger partial charge is 0.339 e. The van der Waals surface area contributed by atoms with E-state index in [1.807, 2.05) is 6.92 Å². The molecular formula is C15H18ClN5O3. The lowest BCUT2D eigenvalue weighted by Gasteiger charge is -2.36. The van der Waals surface area contributed by atoms with Crippen LogP contribution in [-0.2, 0) is 16.6 Å². The standard InChI is InChI=1S/C15H18ClN5O3/c1-9-10(12(16)20(2)19-9)3-4-11(22)21-7-5-15(6-8-21)13(23)17-14(24)18-15/h3-4H,5-8H2,1-2H3,(H2,17,18,23,24)/b4-3+. The van der Waals surface area contributed by atoms with Crippen LogP contribution in [0.5, 0.6) is 0 Å². The Morgan fingerprint density at radius 2 is 2.00 bits per heavy atom. The number of hydrogen-bond acceptors (Lipinski definition) is 4. The quantitative estimate of drug-likeness (QED) is 0.602. The second kappa shape index (κ2) is 5.94. The van der Waals surface area contributed by atoms with Gasteiger partial charge in [0.1, 0.15) is 10.7 Å². The summed E-state index contributed by atoms with van der Waals surface area (Å²) in [6.07, 6.45) is 3.91. The SMILES string of the molecule is Cc1nn(C)c(Cl)c1/C=C/C(=O)N1CCC2(CC1)NC(=O)NC2=O. The first-order valence-corrected chi connectivity index (χ1v) is 8.00. The number of nitrogens with zero attached hydrogens (tertiary/aromatic N) is 3. The van der Waals surface area contributed by atoms with Crippen molar-refractivity contribution in [1.82, 2.24) is 25.3 Å². The van der Waals surface area contributed by atoms with Crippen molar-refractivity contribution < 1.29 is 14.4 Å². The minimum Gasteiger partial charge on any atom is -0.339 e. The van der Waals surface area contributed by atoms with Crippen LogP contribution in [0.1, 0.15) is 24.1 Å². The molecule has 0 atom stereocenters. The third kappa shape index (κ3) is 2.77. The van der Waals surface area contributed by atoms with Crippen LogP contribution in [0.15, 0.2) is 6.08 Å². The van der Waals surface area contributed by atoms with E-state index in [-0.39, 0.29) is 11.8 Å². The summed E-state index contributed by atoms with van der Waals surface area (Å²) < 4.78 is 1.55. The van der Waals surface area contributed by atoms with Crippen molar-refractivity contribution in [3.05, 3.63) is 22.5 Å². The van der Waals surface area contributed by atoms with Crippen molar-refractivity contribution in [2.75, 3.05) is 13.1 Å². The van der Waals surface area contributed by atoms with Crippen LogP contribution in [0.2, 0.25) is 5.15 Å². The molecule has 2 aliphatic heterocycles. The molecule has 0 saturated carbocycles. The molecule has 2 N–H and O–H groups in total. The van der Waals surface area contributed by atoms with Gasteiger partial charge >= 0.3 is 6.03 Å². The van der Waals surface area contributed by atoms with Gasteiger partial charge in [-0.25, -0.2) is 4.79 Å². The molecule has 4 amide bonds. The van der Waals surface area contributed by atoms with Crippen LogP contribution in [0, 0.1) is 6.92 Å². The van der Waals surface area contributed by atoms with Gasteiger partial charge in [-0.05, 0) is 25.8 Å². The van der Waals surface area contributed by atoms with E-state index in [4.69, 9.17) is 11.6 Å². The predicted molar refractivity (Wildman–Crippen MR) is 87.2 cm³/mol. The molecule has 3 heterocycles. The van der Waals surface area contributed by atoms with Crippen LogP contribution in [0.3, 0.4) is 0 Å². The van der Waals surface area contributed by atoms with E-state index < -0.39 is 11.6 Å². The summed E-state index contributed by atoms with van der Waals surface area (Å²) in [5.41, 5.74) is 0.582. The Kier molecular flexibility index (Phi) is 4.08. The molecule has 2 fully saturated rings. The number of aryl methyl sites for hydroxylation is 2. The van der Waals surface area contributed by atoms with Crippen molar-refractivity contribution in [1.29, 1.82) is 0 Å². The van der Waals surface area contributed by atoms with Crippen molar-refractivity contribution in [2.24, 2.45) is 7.05 Å². The second-order valence-corrected chi connectivity index (χ2v) is 6.42. The molecule has 1 aromatic rings. The normalized spacial score (nSPS) is 19.9. The topological polar surface area (TPSA) is 96.3 Å². The molecule has 2 saturated heterocycles. The van der Waals surface area contributed by atoms with Gasteiger partial charge in [0.25, 0.3) is 5.91 Å². The van der Waals surface area contributed by atoms with Crippen LogP contribution in [0.4, 0.5) is 4.79 Å². The molecule has 1 spiro atoms. The number of likely N-dealkylation sites (tertiary alicyclic amines) is 1. The zero-order chi connectivity index (χ0) is 17.5. The van der Waals surface area contributed by atoms with E-state index in [9.17, 15) is 14.4 Å². The molecule has 0 radical (unpaired) electrons. The van der Waals surface area contributed by atoms with Gasteiger partial charge in [-0.15, -0.1) is 0 Å². The summed E-state index contributed by atoms with van der Waals surface area (Å²) in [7, 11) is 1.74. The number of imide groups is 1. The molecule has 24 heavy (non-hydrogen) atoms. The van der Waals surface area contributed by atoms with Crippen LogP contribution in [-0.4, -0.2) is 51.2 Å². The van der Waals surface area contributed by atoms with Gasteiger partial charge in [-0.1, -0.05) is 11.6 Å². The van der Waals surface area contributed by atoms with Crippen molar-refractivity contribution in [2.45, 2.75) is 25.3 Å². The molecule has 9 heteroatoms. The molecule has 3 rings (SSSR count). The van der Waals surface area contributed by atoms with Crippen LogP contribution >= 0.6 is 11.6 Å². The zero-order valence-corrected chi connectivity index (χ0v) is 14.2. The number of nitrogens with one attached hydrogen (secondary N) is 2. The number of carbonyl (C=O) groups is 3. The first-order valence-electron chi connectivity index (χ1n) is 7.62. The fourth-order valence-corrected chi connectivity index (χ4v) is 3.32. The van der Waals surface area contributed by atoms with Gasteiger partial charge in [0, 0.05) is 31.8 Å². The van der Waals surface area contributed by atoms with Crippen molar-refractivity contribution >= 4 is 35.5 Å². The van der Waals surface area contributed by atoms with Gasteiger partial charge in [-0.3, -0.25) is 19.6 Å². The summed E-state index contributed by atoms with van der Waals surface area (Å²) in [4.78, 5) is 37.2. The fraction of sp³-hybridized carbons (Fsp3) is 0.467. The molecule has 0 aromatic carbocycles. The highest BCUT2D eigenvalue weighted by molar-refractivity contribution is 6.31. The highest BCUT2D eigenvalue weighted by Crippen LogP contribution is 2.26. The lowest BCUT2D eigenvalue weighted by atomic mass is 9.87. The molecule has 0 bridgehead atoms. The lowest BCUT2D eigenvalue weighted by Crippen LogP contribution is -2.55. The summed E-state index contributed by atoms with van der Waals surface area (Å²) >= 11 is 6.13. The van der Waals surface area contributed by atoms with Gasteiger partial charge in [0.2, 0.25) is 5.91 Å². The van der Waals surface area contributed by atoms with E-state index in [1.54, 1.807) is 22.7 Å². The maximum absolute atomic E-state index is 12.3. The monoisotopic (exact) mass is 351 g/mol. The molecule has 0 aliphatic carbocycles. The van der Waals surface area contributed by atoms with Gasteiger partial charge in [0.15, 0.2) is 0 Å². The summed E-state index contributed by atoms with van der Waals surface area (Å²) in [6, 6.07) is -0.471. The highest BCUT2D eigenvalue weighted by Gasteiger charge is 2.48. The Bertz CT molecular complexity index is 747. The number of urea groups is 1. The fourth-order valence-electron chi connectivity index (χ4n) is 3.08. The number of halogens is 1. The van der Waals surface area contributed by atoms with Gasteiger partial charge in [-0.2, -0.15) is 5.10 Å². The Morgan fingerprint density at radius 3 is 2.50 bits per heavy atom. The Labute approximate surface area is 143 Å². The molecular weight excluding hydrogens is 334 g/mol. The number of hydrogen-bond donors (Lipinski definition) is 2. The van der Waals surface area contributed by atoms with E-state index >= 15 is 0 Å². The third-order valence-electron chi connectivity index (χ3n) is 4.53. The van der Waals surface area contributed by atoms with Crippen LogP contribution in [0.25, 0.3) is 6.08 Å². The first kappa shape index (κ1) is 16.5. The molecule has 8 nitrogen and oxygen atoms in total. The highest BCUT2D eigenvalue weighted by atomic mass is 35.5. The summed E-state index contributed by atoms with van der Waals surface area (Å²) in [6.45, 7) is 2.62. The molecule has 2 aliphatic rings. The van der Waals surface area contributed by atoms with Crippen molar-refractivity contribution in [3.8, 4) is 0 Å². The van der Waals surface area contributed by atoms with E-state index in [0.717, 1.165) is 5.69 Å². The van der Waals surface area contributed by atoms with E-state index in [2.05, 4.69) is 15.7 Å². The smallest absolute Gasteiger partial charge is 0.322 e. The summed E-state index contributed by atoms with van der Waals surface area (Å²) in [5, 5.41) is 9.58. The lowest BCUT2D eigenvalue weighted by molar-refractivity contribution is -0.132. The molecule has 1 aromatic heterocycles. The zero-order valence-electron chi connectivity index (χ0n) is 13.4. The number of aromatic nitrogens is 2. The van der Waals surface area contributed by atoms with Gasteiger partial charge < -0.3 is 10.2 Å². The first-order chi connectivity index (χ1) is 11.3. The number of rotatable bonds is 2. The van der Waals surface area contributed by atoms with E-state index in [0.29, 0.717) is 36.6 Å². The van der Waals surface area contributed by atoms with Crippen LogP contribution < -0.4 is 10.6 Å². The number of piperidine rings is 1. The summed E-state index contributed by atoms with van der Waals surface area (Å²) in [5.74, 6) is -0.471. The van der Waals surface area contributed by atoms with E-state index in [1.165, 1.54) is 6.08 Å². The third-order valence-corrected chi connectivity index (χ3v) is 4.98. The maximum Gasteiger partial charge on any atom is 0.322 e. The minimum absolute atomic E-state index is 0.158. The minimum atomic E-state index is -0.874. The Balaban J connectivity index is 1.64. The number of carbonyl (C=O) groups excluding carboxylic acids is 3. The Hall–Kier alpha value is -2.35. The maximum atomic E-state index is 12.3. The average Bonchev–Trinajstić information content (AvgIpc) is 2.94. The Morgan fingerprint density at radius 1 is 1.33 bits per heavy atom. The number of amides is 4. The average molecular weight is 352 g/mol. The molecule has 0 unspecified atom stereocenters. The second-order valence-electron chi connectivity index (χ2n) is 6.06. The van der Waals surface area contributed by atoms with Gasteiger partial charge in [0.05, 0.1) is 5.69 Å². The molecule has 128 valence electrons. The predicted octanol–water partition coefficient (Wildman–Crippen LogP) is 0.596. The van der Waals surface area contributed by atoms with Crippen molar-refractivity contribution in [3.63, 3.8) is 0 Å².